The van der Waals surface area contributed by atoms with Crippen LogP contribution in [0.4, 0.5) is 5.69 Å². The third kappa shape index (κ3) is 3.25. The lowest BCUT2D eigenvalue weighted by atomic mass is 10.1. The molecular weight excluding hydrogens is 238 g/mol. The SMILES string of the molecule is CCC(CNc1ccc2cc(C)ccc2c1)C(=O)O. The number of hydrogen-bond donors (Lipinski definition) is 2. The summed E-state index contributed by atoms with van der Waals surface area (Å²) in [5, 5.41) is 14.6. The molecule has 0 fully saturated rings. The van der Waals surface area contributed by atoms with Gasteiger partial charge >= 0.3 is 5.97 Å². The number of anilines is 1. The first-order chi connectivity index (χ1) is 9.10. The number of nitrogens with one attached hydrogen (secondary N) is 1. The minimum Gasteiger partial charge on any atom is -0.481 e. The van der Waals surface area contributed by atoms with Gasteiger partial charge in [-0.25, -0.2) is 0 Å². The van der Waals surface area contributed by atoms with Crippen LogP contribution in [0.15, 0.2) is 36.4 Å². The van der Waals surface area contributed by atoms with Crippen molar-refractivity contribution in [2.75, 3.05) is 11.9 Å². The molecule has 1 atom stereocenters. The van der Waals surface area contributed by atoms with E-state index in [4.69, 9.17) is 5.11 Å². The van der Waals surface area contributed by atoms with E-state index in [-0.39, 0.29) is 5.92 Å². The summed E-state index contributed by atoms with van der Waals surface area (Å²) in [5.41, 5.74) is 2.21. The van der Waals surface area contributed by atoms with Crippen molar-refractivity contribution in [2.24, 2.45) is 5.92 Å². The first-order valence-corrected chi connectivity index (χ1v) is 6.57. The maximum atomic E-state index is 11.0. The van der Waals surface area contributed by atoms with Crippen molar-refractivity contribution >= 4 is 22.4 Å². The molecule has 2 N–H and O–H groups in total. The van der Waals surface area contributed by atoms with Crippen LogP contribution in [-0.4, -0.2) is 17.6 Å². The molecule has 0 aliphatic rings. The largest absolute Gasteiger partial charge is 0.481 e. The minimum atomic E-state index is -0.744. The van der Waals surface area contributed by atoms with E-state index in [9.17, 15) is 4.79 Å². The summed E-state index contributed by atoms with van der Waals surface area (Å²) in [7, 11) is 0. The average Bonchev–Trinajstić information content (AvgIpc) is 2.39. The van der Waals surface area contributed by atoms with Crippen molar-refractivity contribution in [3.8, 4) is 0 Å². The van der Waals surface area contributed by atoms with E-state index in [1.807, 2.05) is 13.0 Å². The molecule has 0 spiro atoms. The van der Waals surface area contributed by atoms with Gasteiger partial charge in [-0.1, -0.05) is 36.8 Å². The van der Waals surface area contributed by atoms with Crippen LogP contribution in [0.5, 0.6) is 0 Å². The monoisotopic (exact) mass is 257 g/mol. The second-order valence-electron chi connectivity index (χ2n) is 4.89. The molecule has 0 saturated carbocycles. The number of carbonyl (C=O) groups is 1. The summed E-state index contributed by atoms with van der Waals surface area (Å²) in [6.45, 7) is 4.43. The number of aryl methyl sites for hydroxylation is 1. The van der Waals surface area contributed by atoms with Gasteiger partial charge in [0.1, 0.15) is 0 Å². The second-order valence-corrected chi connectivity index (χ2v) is 4.89. The third-order valence-electron chi connectivity index (χ3n) is 3.39. The van der Waals surface area contributed by atoms with Gasteiger partial charge in [0.25, 0.3) is 0 Å². The van der Waals surface area contributed by atoms with Crippen LogP contribution in [0.2, 0.25) is 0 Å². The van der Waals surface area contributed by atoms with Gasteiger partial charge in [-0.3, -0.25) is 4.79 Å². The lowest BCUT2D eigenvalue weighted by Gasteiger charge is -2.12. The van der Waals surface area contributed by atoms with Gasteiger partial charge < -0.3 is 10.4 Å². The Morgan fingerprint density at radius 1 is 1.21 bits per heavy atom. The standard InChI is InChI=1S/C16H19NO2/c1-3-12(16(18)19)10-17-15-7-6-13-8-11(2)4-5-14(13)9-15/h4-9,12,17H,3,10H2,1-2H3,(H,18,19). The fourth-order valence-corrected chi connectivity index (χ4v) is 2.12. The zero-order valence-corrected chi connectivity index (χ0v) is 11.3. The highest BCUT2D eigenvalue weighted by molar-refractivity contribution is 5.86. The molecule has 3 heteroatoms. The maximum absolute atomic E-state index is 11.0. The molecule has 100 valence electrons. The fraction of sp³-hybridized carbons (Fsp3) is 0.312. The summed E-state index contributed by atoms with van der Waals surface area (Å²) in [6, 6.07) is 12.4. The Morgan fingerprint density at radius 2 is 1.89 bits per heavy atom. The van der Waals surface area contributed by atoms with Gasteiger partial charge in [0.15, 0.2) is 0 Å². The van der Waals surface area contributed by atoms with Crippen molar-refractivity contribution in [1.82, 2.24) is 0 Å². The molecule has 2 aromatic carbocycles. The fourth-order valence-electron chi connectivity index (χ4n) is 2.12. The highest BCUT2D eigenvalue weighted by Gasteiger charge is 2.14. The second kappa shape index (κ2) is 5.74. The Bertz CT molecular complexity index is 592. The quantitative estimate of drug-likeness (QED) is 0.859. The van der Waals surface area contributed by atoms with Crippen molar-refractivity contribution in [3.05, 3.63) is 42.0 Å². The van der Waals surface area contributed by atoms with Crippen LogP contribution in [0.3, 0.4) is 0 Å². The van der Waals surface area contributed by atoms with Crippen molar-refractivity contribution in [3.63, 3.8) is 0 Å². The molecule has 0 heterocycles. The topological polar surface area (TPSA) is 49.3 Å². The van der Waals surface area contributed by atoms with Crippen LogP contribution < -0.4 is 5.32 Å². The highest BCUT2D eigenvalue weighted by atomic mass is 16.4. The summed E-state index contributed by atoms with van der Waals surface area (Å²) in [6.07, 6.45) is 0.634. The first-order valence-electron chi connectivity index (χ1n) is 6.57. The van der Waals surface area contributed by atoms with E-state index >= 15 is 0 Å². The molecule has 2 aromatic rings. The Balaban J connectivity index is 2.13. The first kappa shape index (κ1) is 13.4. The third-order valence-corrected chi connectivity index (χ3v) is 3.39. The summed E-state index contributed by atoms with van der Waals surface area (Å²) in [5.74, 6) is -1.08. The molecule has 3 nitrogen and oxygen atoms in total. The van der Waals surface area contributed by atoms with E-state index in [2.05, 4.69) is 42.6 Å². The number of hydrogen-bond acceptors (Lipinski definition) is 2. The van der Waals surface area contributed by atoms with Crippen molar-refractivity contribution in [1.29, 1.82) is 0 Å². The molecule has 0 aliphatic carbocycles. The summed E-state index contributed by atoms with van der Waals surface area (Å²) < 4.78 is 0. The van der Waals surface area contributed by atoms with Gasteiger partial charge in [-0.15, -0.1) is 0 Å². The predicted octanol–water partition coefficient (Wildman–Crippen LogP) is 3.67. The number of fused-ring (bicyclic) bond motifs is 1. The van der Waals surface area contributed by atoms with Crippen LogP contribution in [0, 0.1) is 12.8 Å². The lowest BCUT2D eigenvalue weighted by molar-refractivity contribution is -0.141. The smallest absolute Gasteiger partial charge is 0.308 e. The van der Waals surface area contributed by atoms with E-state index in [0.717, 1.165) is 5.69 Å². The molecule has 1 unspecified atom stereocenters. The number of aliphatic carboxylic acids is 1. The van der Waals surface area contributed by atoms with E-state index in [1.165, 1.54) is 16.3 Å². The summed E-state index contributed by atoms with van der Waals surface area (Å²) >= 11 is 0. The van der Waals surface area contributed by atoms with E-state index in [0.29, 0.717) is 13.0 Å². The highest BCUT2D eigenvalue weighted by Crippen LogP contribution is 2.20. The van der Waals surface area contributed by atoms with E-state index in [1.54, 1.807) is 0 Å². The zero-order valence-electron chi connectivity index (χ0n) is 11.3. The average molecular weight is 257 g/mol. The Labute approximate surface area is 113 Å². The number of carboxylic acid groups (broad SMARTS) is 1. The van der Waals surface area contributed by atoms with Gasteiger partial charge in [-0.05, 0) is 36.2 Å². The maximum Gasteiger partial charge on any atom is 0.308 e. The normalized spacial score (nSPS) is 12.3. The van der Waals surface area contributed by atoms with Gasteiger partial charge in [0, 0.05) is 12.2 Å². The van der Waals surface area contributed by atoms with Crippen LogP contribution in [-0.2, 0) is 4.79 Å². The van der Waals surface area contributed by atoms with Gasteiger partial charge in [0.2, 0.25) is 0 Å². The predicted molar refractivity (Wildman–Crippen MR) is 78.6 cm³/mol. The molecule has 0 aromatic heterocycles. The van der Waals surface area contributed by atoms with Crippen LogP contribution in [0.25, 0.3) is 10.8 Å². The van der Waals surface area contributed by atoms with Gasteiger partial charge in [0.05, 0.1) is 5.92 Å². The molecule has 0 saturated heterocycles. The van der Waals surface area contributed by atoms with Crippen molar-refractivity contribution < 1.29 is 9.90 Å². The number of carboxylic acids is 1. The summed E-state index contributed by atoms with van der Waals surface area (Å²) in [4.78, 5) is 11.0. The molecule has 19 heavy (non-hydrogen) atoms. The molecule has 2 rings (SSSR count). The molecule has 0 radical (unpaired) electrons. The number of rotatable bonds is 5. The lowest BCUT2D eigenvalue weighted by Crippen LogP contribution is -2.21. The van der Waals surface area contributed by atoms with Gasteiger partial charge in [-0.2, -0.15) is 0 Å². The zero-order chi connectivity index (χ0) is 13.8. The van der Waals surface area contributed by atoms with Crippen molar-refractivity contribution in [2.45, 2.75) is 20.3 Å². The minimum absolute atomic E-state index is 0.339. The Kier molecular flexibility index (Phi) is 4.05. The van der Waals surface area contributed by atoms with Crippen LogP contribution >= 0.6 is 0 Å². The molecule has 0 amide bonds. The Morgan fingerprint density at radius 3 is 2.58 bits per heavy atom. The van der Waals surface area contributed by atoms with E-state index < -0.39 is 5.97 Å². The number of benzene rings is 2. The molecule has 0 aliphatic heterocycles. The molecular formula is C16H19NO2. The van der Waals surface area contributed by atoms with Crippen LogP contribution in [0.1, 0.15) is 18.9 Å². The Hall–Kier alpha value is -2.03. The molecule has 0 bridgehead atoms.